The van der Waals surface area contributed by atoms with Crippen molar-refractivity contribution in [3.63, 3.8) is 0 Å². The number of aromatic nitrogens is 1. The van der Waals surface area contributed by atoms with E-state index in [0.717, 1.165) is 16.1 Å². The van der Waals surface area contributed by atoms with Gasteiger partial charge in [0.05, 0.1) is 16.9 Å². The van der Waals surface area contributed by atoms with E-state index >= 15 is 0 Å². The van der Waals surface area contributed by atoms with Gasteiger partial charge in [0, 0.05) is 40.3 Å². The summed E-state index contributed by atoms with van der Waals surface area (Å²) >= 11 is 12.4. The van der Waals surface area contributed by atoms with Gasteiger partial charge in [-0.2, -0.15) is 18.2 Å². The minimum Gasteiger partial charge on any atom is -0.508 e. The van der Waals surface area contributed by atoms with Gasteiger partial charge in [0.15, 0.2) is 17.4 Å². The Hall–Kier alpha value is -3.96. The molecular weight excluding hydrogens is 610 g/mol. The van der Waals surface area contributed by atoms with Crippen LogP contribution in [0.15, 0.2) is 64.8 Å². The zero-order valence-electron chi connectivity index (χ0n) is 22.6. The molecule has 2 amide bonds. The summed E-state index contributed by atoms with van der Waals surface area (Å²) in [5.41, 5.74) is 0.186. The van der Waals surface area contributed by atoms with Crippen LogP contribution in [0.5, 0.6) is 5.75 Å². The van der Waals surface area contributed by atoms with E-state index in [1.807, 2.05) is 0 Å². The molecule has 1 fully saturated rings. The number of allylic oxidation sites excluding steroid dienone is 6. The normalized spacial score (nSPS) is 25.3. The number of hydrogen-bond donors (Lipinski definition) is 1. The standard InChI is InChI=1S/C30H22Cl2F3N3O5/c1-12-9-21(40)25-18(26(12)41)11-16-14(23(25)17-10-13(31)3-7-20(17)39)4-5-15-24(16)29(43)38(28(15)42)37(2)27-19(32)6-8-22(36-27)30(33,34)35/h3-4,6-10,15-16,23-24,39H,5,11H2,1-2H3/t15-,16+,23+,24-/m0/s1. The monoisotopic (exact) mass is 631 g/mol. The number of phenolic OH excluding ortho intramolecular Hbond substituents is 1. The van der Waals surface area contributed by atoms with Gasteiger partial charge < -0.3 is 5.11 Å². The minimum absolute atomic E-state index is 0.0188. The summed E-state index contributed by atoms with van der Waals surface area (Å²) in [7, 11) is 1.22. The Kier molecular flexibility index (Phi) is 6.81. The summed E-state index contributed by atoms with van der Waals surface area (Å²) < 4.78 is 40.2. The molecule has 1 N–H and O–H groups in total. The number of carbonyl (C=O) groups is 4. The molecule has 222 valence electrons. The number of pyridine rings is 1. The third-order valence-corrected chi connectivity index (χ3v) is 9.09. The molecule has 0 unspecified atom stereocenters. The van der Waals surface area contributed by atoms with Gasteiger partial charge in [0.25, 0.3) is 11.8 Å². The number of imide groups is 1. The summed E-state index contributed by atoms with van der Waals surface area (Å²) in [5, 5.41) is 12.6. The Bertz CT molecular complexity index is 1750. The van der Waals surface area contributed by atoms with E-state index < -0.39 is 59.0 Å². The average molecular weight is 632 g/mol. The lowest BCUT2D eigenvalue weighted by molar-refractivity contribution is -0.141. The zero-order valence-corrected chi connectivity index (χ0v) is 24.1. The van der Waals surface area contributed by atoms with Gasteiger partial charge >= 0.3 is 6.18 Å². The van der Waals surface area contributed by atoms with Crippen LogP contribution in [-0.2, 0) is 25.4 Å². The Balaban J connectivity index is 1.45. The van der Waals surface area contributed by atoms with Crippen molar-refractivity contribution >= 4 is 52.4 Å². The highest BCUT2D eigenvalue weighted by atomic mass is 35.5. The van der Waals surface area contributed by atoms with E-state index in [1.165, 1.54) is 38.2 Å². The molecule has 2 heterocycles. The van der Waals surface area contributed by atoms with Gasteiger partial charge in [-0.15, -0.1) is 0 Å². The van der Waals surface area contributed by atoms with E-state index in [9.17, 15) is 37.5 Å². The topological polar surface area (TPSA) is 108 Å². The number of amides is 2. The van der Waals surface area contributed by atoms with Gasteiger partial charge in [-0.25, -0.2) is 4.98 Å². The number of nitrogens with zero attached hydrogens (tertiary/aromatic N) is 3. The third kappa shape index (κ3) is 4.48. The minimum atomic E-state index is -4.79. The molecule has 43 heavy (non-hydrogen) atoms. The van der Waals surface area contributed by atoms with Gasteiger partial charge in [-0.3, -0.25) is 24.2 Å². The fraction of sp³-hybridized carbons (Fsp3) is 0.300. The van der Waals surface area contributed by atoms with Crippen LogP contribution in [0.4, 0.5) is 19.0 Å². The quantitative estimate of drug-likeness (QED) is 0.267. The number of halogens is 5. The lowest BCUT2D eigenvalue weighted by atomic mass is 9.59. The van der Waals surface area contributed by atoms with Crippen LogP contribution in [0.25, 0.3) is 0 Å². The smallest absolute Gasteiger partial charge is 0.433 e. The number of phenols is 1. The van der Waals surface area contributed by atoms with Crippen LogP contribution < -0.4 is 5.01 Å². The molecule has 1 aliphatic heterocycles. The summed E-state index contributed by atoms with van der Waals surface area (Å²) in [6, 6.07) is 6.02. The van der Waals surface area contributed by atoms with Crippen molar-refractivity contribution in [2.24, 2.45) is 17.8 Å². The van der Waals surface area contributed by atoms with Crippen molar-refractivity contribution in [3.8, 4) is 5.75 Å². The highest BCUT2D eigenvalue weighted by Crippen LogP contribution is 2.56. The third-order valence-electron chi connectivity index (χ3n) is 8.56. The number of Topliss-reactive ketones (excluding diaryl/α,β-unsaturated/α-hetero) is 1. The van der Waals surface area contributed by atoms with Crippen molar-refractivity contribution in [2.75, 3.05) is 12.1 Å². The first-order chi connectivity index (χ1) is 20.2. The number of hydrazine groups is 1. The molecule has 3 aliphatic carbocycles. The van der Waals surface area contributed by atoms with Crippen molar-refractivity contribution in [2.45, 2.75) is 31.9 Å². The molecule has 1 saturated heterocycles. The van der Waals surface area contributed by atoms with E-state index in [4.69, 9.17) is 23.2 Å². The molecule has 1 aromatic heterocycles. The van der Waals surface area contributed by atoms with E-state index in [1.54, 1.807) is 6.08 Å². The second-order valence-electron chi connectivity index (χ2n) is 10.9. The van der Waals surface area contributed by atoms with Gasteiger partial charge in [-0.05, 0) is 62.1 Å². The van der Waals surface area contributed by atoms with Gasteiger partial charge in [0.1, 0.15) is 11.4 Å². The number of fused-ring (bicyclic) bond motifs is 3. The summed E-state index contributed by atoms with van der Waals surface area (Å²) in [4.78, 5) is 58.0. The van der Waals surface area contributed by atoms with Crippen LogP contribution in [-0.4, -0.2) is 45.5 Å². The van der Waals surface area contributed by atoms with E-state index in [0.29, 0.717) is 11.6 Å². The Morgan fingerprint density at radius 1 is 1.05 bits per heavy atom. The zero-order chi connectivity index (χ0) is 31.1. The van der Waals surface area contributed by atoms with Crippen LogP contribution in [0.3, 0.4) is 0 Å². The summed E-state index contributed by atoms with van der Waals surface area (Å²) in [5.74, 6) is -6.30. The lowest BCUT2D eigenvalue weighted by Crippen LogP contribution is -2.46. The summed E-state index contributed by atoms with van der Waals surface area (Å²) in [6.07, 6.45) is -1.75. The molecule has 0 saturated carbocycles. The molecule has 8 nitrogen and oxygen atoms in total. The second kappa shape index (κ2) is 10.1. The predicted octanol–water partition coefficient (Wildman–Crippen LogP) is 5.59. The number of aromatic hydroxyl groups is 1. The highest BCUT2D eigenvalue weighted by Gasteiger charge is 2.58. The fourth-order valence-electron chi connectivity index (χ4n) is 6.68. The Morgan fingerprint density at radius 3 is 2.47 bits per heavy atom. The van der Waals surface area contributed by atoms with Crippen LogP contribution >= 0.6 is 23.2 Å². The molecule has 13 heteroatoms. The van der Waals surface area contributed by atoms with E-state index in [2.05, 4.69) is 4.98 Å². The van der Waals surface area contributed by atoms with Crippen molar-refractivity contribution in [3.05, 3.63) is 86.1 Å². The molecular formula is C30H22Cl2F3N3O5. The molecule has 0 spiro atoms. The predicted molar refractivity (Wildman–Crippen MR) is 149 cm³/mol. The number of anilines is 1. The molecule has 2 aromatic rings. The molecule has 0 radical (unpaired) electrons. The fourth-order valence-corrected chi connectivity index (χ4v) is 7.09. The molecule has 0 bridgehead atoms. The maximum Gasteiger partial charge on any atom is 0.433 e. The number of ketones is 2. The number of hydrogen-bond acceptors (Lipinski definition) is 7. The second-order valence-corrected chi connectivity index (χ2v) is 11.8. The number of rotatable bonds is 3. The van der Waals surface area contributed by atoms with Crippen molar-refractivity contribution in [1.82, 2.24) is 9.99 Å². The maximum atomic E-state index is 14.0. The van der Waals surface area contributed by atoms with Crippen LogP contribution in [0.2, 0.25) is 10.0 Å². The van der Waals surface area contributed by atoms with Gasteiger partial charge in [-0.1, -0.05) is 34.9 Å². The average Bonchev–Trinajstić information content (AvgIpc) is 3.20. The molecule has 4 aliphatic rings. The molecule has 1 aromatic carbocycles. The Labute approximate surface area is 253 Å². The van der Waals surface area contributed by atoms with Gasteiger partial charge in [0.2, 0.25) is 0 Å². The molecule has 6 rings (SSSR count). The number of carbonyl (C=O) groups excluding carboxylic acids is 4. The van der Waals surface area contributed by atoms with Crippen molar-refractivity contribution in [1.29, 1.82) is 0 Å². The van der Waals surface area contributed by atoms with Crippen LogP contribution in [0.1, 0.15) is 36.9 Å². The first-order valence-electron chi connectivity index (χ1n) is 13.2. The summed E-state index contributed by atoms with van der Waals surface area (Å²) in [6.45, 7) is 1.51. The SMILES string of the molecule is CC1=CC(=O)C2=C(C[C@@H]3C(=CC[C@@H]4C(=O)N(N(C)c5nc(C(F)(F)F)ccc5Cl)C(=O)[C@@H]43)[C@@H]2c2cc(Cl)ccc2O)C1=O. The lowest BCUT2D eigenvalue weighted by Gasteiger charge is -2.42. The van der Waals surface area contributed by atoms with Crippen molar-refractivity contribution < 1.29 is 37.5 Å². The number of benzene rings is 1. The number of alkyl halides is 3. The Morgan fingerprint density at radius 2 is 1.77 bits per heavy atom. The highest BCUT2D eigenvalue weighted by molar-refractivity contribution is 6.33. The largest absolute Gasteiger partial charge is 0.508 e. The first-order valence-corrected chi connectivity index (χ1v) is 14.0. The first kappa shape index (κ1) is 29.1. The molecule has 4 atom stereocenters. The maximum absolute atomic E-state index is 14.0. The van der Waals surface area contributed by atoms with E-state index in [-0.39, 0.29) is 56.7 Å². The van der Waals surface area contributed by atoms with Crippen LogP contribution in [0, 0.1) is 17.8 Å².